The third kappa shape index (κ3) is 11.3. The lowest BCUT2D eigenvalue weighted by Gasteiger charge is -2.45. The van der Waals surface area contributed by atoms with Gasteiger partial charge in [-0.25, -0.2) is 0 Å². The van der Waals surface area contributed by atoms with Crippen molar-refractivity contribution in [3.05, 3.63) is 244 Å². The van der Waals surface area contributed by atoms with Crippen LogP contribution < -0.4 is 26.2 Å². The number of hydrogen-bond acceptors (Lipinski definition) is 2. The lowest BCUT2D eigenvalue weighted by molar-refractivity contribution is 0.807. The number of hydrogen-bond donors (Lipinski definition) is 0. The van der Waals surface area contributed by atoms with Crippen LogP contribution in [0.15, 0.2) is 194 Å². The van der Waals surface area contributed by atoms with Crippen molar-refractivity contribution in [3.8, 4) is 55.6 Å². The first-order valence-corrected chi connectivity index (χ1v) is 34.0. The van der Waals surface area contributed by atoms with Crippen LogP contribution >= 0.6 is 0 Å². The molecule has 3 heteroatoms. The van der Waals surface area contributed by atoms with Gasteiger partial charge in [0.25, 0.3) is 6.71 Å². The van der Waals surface area contributed by atoms with E-state index in [1.807, 2.05) is 0 Å². The topological polar surface area (TPSA) is 6.48 Å². The van der Waals surface area contributed by atoms with E-state index in [2.05, 4.69) is 329 Å². The largest absolute Gasteiger partial charge is 0.311 e. The minimum Gasteiger partial charge on any atom is -0.311 e. The van der Waals surface area contributed by atoms with Gasteiger partial charge in [0.05, 0.1) is 0 Å². The molecular weight excluding hydrogens is 1080 g/mol. The van der Waals surface area contributed by atoms with E-state index in [0.717, 1.165) is 11.4 Å². The van der Waals surface area contributed by atoms with Gasteiger partial charge in [0.15, 0.2) is 0 Å². The SMILES string of the molecule is CC(C)c1cc(C(C)C)c(-c2ccc(N3c4ccc(-c5c(C(C)C)cc(C(C)C)cc5C(C)C)cc4B4c5cc(-c6ccccc6)ccc5N(c5ccc(-c6ccccc6)cc5)c5cc(-c6c(C(C)C)cc(C(C)C)cc6C(C)C)cc3c54)cc2)c(C(C)C)c1. The molecule has 2 aliphatic heterocycles. The summed E-state index contributed by atoms with van der Waals surface area (Å²) in [6.45, 7) is 42.5. The molecule has 2 heterocycles. The summed E-state index contributed by atoms with van der Waals surface area (Å²) in [6, 6.07) is 76.3. The molecule has 0 radical (unpaired) electrons. The number of fused-ring (bicyclic) bond motifs is 4. The standard InChI is InChI=1S/C87H95BN2/c1-51(2)66-41-72(54(7)8)84(73(42-66)55(9)10)63-31-37-71(38-32-63)90-81-40-34-65(85-74(56(11)12)43-67(52(3)4)44-75(85)57(13)14)48-79(81)88-78-47-64(61-27-23-20-24-28-61)33-39-80(78)89(70-35-29-62(30-36-70)60-25-21-19-22-26-60)82-49-69(50-83(90)87(82)88)86-76(58(15)16)45-68(53(5)6)46-77(86)59(17)18/h19-59H,1-18H3. The summed E-state index contributed by atoms with van der Waals surface area (Å²) >= 11 is 0. The molecule has 0 amide bonds. The fourth-order valence-electron chi connectivity index (χ4n) is 14.8. The van der Waals surface area contributed by atoms with E-state index in [1.165, 1.54) is 145 Å². The lowest BCUT2D eigenvalue weighted by atomic mass is 9.33. The van der Waals surface area contributed by atoms with E-state index in [9.17, 15) is 0 Å². The van der Waals surface area contributed by atoms with Gasteiger partial charge in [0, 0.05) is 34.1 Å². The van der Waals surface area contributed by atoms with Crippen molar-refractivity contribution in [1.29, 1.82) is 0 Å². The maximum Gasteiger partial charge on any atom is 0.252 e. The molecule has 0 saturated heterocycles. The first-order chi connectivity index (χ1) is 43.1. The third-order valence-corrected chi connectivity index (χ3v) is 19.8. The fourth-order valence-corrected chi connectivity index (χ4v) is 14.8. The average molecular weight is 1180 g/mol. The molecule has 0 unspecified atom stereocenters. The summed E-state index contributed by atoms with van der Waals surface area (Å²) in [4.78, 5) is 5.29. The van der Waals surface area contributed by atoms with Crippen molar-refractivity contribution in [2.24, 2.45) is 0 Å². The number of nitrogens with zero attached hydrogens (tertiary/aromatic N) is 2. The molecule has 0 bridgehead atoms. The zero-order valence-corrected chi connectivity index (χ0v) is 57.1. The molecule has 10 aromatic rings. The predicted octanol–water partition coefficient (Wildman–Crippen LogP) is 24.2. The van der Waals surface area contributed by atoms with Crippen molar-refractivity contribution in [2.45, 2.75) is 178 Å². The third-order valence-electron chi connectivity index (χ3n) is 19.8. The molecule has 0 aliphatic carbocycles. The molecule has 90 heavy (non-hydrogen) atoms. The van der Waals surface area contributed by atoms with Crippen LogP contribution in [0.5, 0.6) is 0 Å². The summed E-state index contributed by atoms with van der Waals surface area (Å²) < 4.78 is 0. The van der Waals surface area contributed by atoms with Crippen LogP contribution in [0.4, 0.5) is 34.1 Å². The van der Waals surface area contributed by atoms with Crippen LogP contribution in [0.3, 0.4) is 0 Å². The van der Waals surface area contributed by atoms with Crippen LogP contribution in [-0.4, -0.2) is 6.71 Å². The Morgan fingerprint density at radius 1 is 0.233 bits per heavy atom. The van der Waals surface area contributed by atoms with Crippen molar-refractivity contribution in [1.82, 2.24) is 0 Å². The minimum absolute atomic E-state index is 0.118. The molecule has 12 rings (SSSR count). The summed E-state index contributed by atoms with van der Waals surface area (Å²) in [5.41, 5.74) is 36.7. The van der Waals surface area contributed by atoms with Crippen molar-refractivity contribution in [2.75, 3.05) is 9.80 Å². The van der Waals surface area contributed by atoms with Crippen LogP contribution in [0.25, 0.3) is 55.6 Å². The Bertz CT molecular complexity index is 4180. The van der Waals surface area contributed by atoms with E-state index in [4.69, 9.17) is 0 Å². The molecule has 2 aliphatic rings. The summed E-state index contributed by atoms with van der Waals surface area (Å²) in [5, 5.41) is 0. The van der Waals surface area contributed by atoms with E-state index in [0.29, 0.717) is 53.3 Å². The molecule has 0 atom stereocenters. The Morgan fingerprint density at radius 3 is 0.878 bits per heavy atom. The van der Waals surface area contributed by atoms with Crippen LogP contribution in [0.1, 0.15) is 228 Å². The molecule has 0 spiro atoms. The van der Waals surface area contributed by atoms with Gasteiger partial charge in [0.2, 0.25) is 0 Å². The van der Waals surface area contributed by atoms with Gasteiger partial charge in [-0.3, -0.25) is 0 Å². The number of anilines is 6. The maximum absolute atomic E-state index is 2.67. The van der Waals surface area contributed by atoms with Gasteiger partial charge in [-0.1, -0.05) is 270 Å². The number of benzene rings is 10. The van der Waals surface area contributed by atoms with E-state index < -0.39 is 0 Å². The predicted molar refractivity (Wildman–Crippen MR) is 394 cm³/mol. The molecule has 0 N–H and O–H groups in total. The molecule has 2 nitrogen and oxygen atoms in total. The van der Waals surface area contributed by atoms with Gasteiger partial charge in [-0.05, 0) is 224 Å². The van der Waals surface area contributed by atoms with Crippen molar-refractivity contribution in [3.63, 3.8) is 0 Å². The Balaban J connectivity index is 1.22. The van der Waals surface area contributed by atoms with Crippen molar-refractivity contribution >= 4 is 57.2 Å². The highest BCUT2D eigenvalue weighted by atomic mass is 15.2. The highest BCUT2D eigenvalue weighted by Crippen LogP contribution is 2.51. The molecule has 456 valence electrons. The lowest BCUT2D eigenvalue weighted by Crippen LogP contribution is -2.61. The van der Waals surface area contributed by atoms with Gasteiger partial charge >= 0.3 is 0 Å². The van der Waals surface area contributed by atoms with Crippen molar-refractivity contribution < 1.29 is 0 Å². The Labute approximate surface area is 541 Å². The molecule has 0 fully saturated rings. The summed E-state index contributed by atoms with van der Waals surface area (Å²) in [5.74, 6) is 3.22. The zero-order valence-electron chi connectivity index (χ0n) is 57.1. The normalized spacial score (nSPS) is 12.9. The second-order valence-corrected chi connectivity index (χ2v) is 29.0. The zero-order chi connectivity index (χ0) is 63.7. The van der Waals surface area contributed by atoms with Crippen LogP contribution in [0, 0.1) is 0 Å². The first-order valence-electron chi connectivity index (χ1n) is 34.0. The van der Waals surface area contributed by atoms with Gasteiger partial charge in [0.1, 0.15) is 0 Å². The Kier molecular flexibility index (Phi) is 17.2. The Morgan fingerprint density at radius 2 is 0.522 bits per heavy atom. The maximum atomic E-state index is 2.67. The summed E-state index contributed by atoms with van der Waals surface area (Å²) in [7, 11) is 0. The average Bonchev–Trinajstić information content (AvgIpc) is 0.697. The fraction of sp³-hybridized carbons (Fsp3) is 0.310. The molecule has 0 saturated carbocycles. The highest BCUT2D eigenvalue weighted by molar-refractivity contribution is 7.00. The first kappa shape index (κ1) is 62.1. The smallest absolute Gasteiger partial charge is 0.252 e. The minimum atomic E-state index is -0.118. The molecule has 0 aromatic heterocycles. The Hall–Kier alpha value is -8.14. The summed E-state index contributed by atoms with van der Waals surface area (Å²) in [6.07, 6.45) is 0. The van der Waals surface area contributed by atoms with Gasteiger partial charge < -0.3 is 9.80 Å². The molecular formula is C87H95BN2. The second kappa shape index (κ2) is 24.9. The number of rotatable bonds is 16. The van der Waals surface area contributed by atoms with E-state index in [1.54, 1.807) is 0 Å². The monoisotopic (exact) mass is 1180 g/mol. The van der Waals surface area contributed by atoms with Gasteiger partial charge in [-0.15, -0.1) is 0 Å². The van der Waals surface area contributed by atoms with Crippen LogP contribution in [-0.2, 0) is 0 Å². The molecule has 10 aromatic carbocycles. The quantitative estimate of drug-likeness (QED) is 0.0890. The van der Waals surface area contributed by atoms with E-state index in [-0.39, 0.29) is 6.71 Å². The highest BCUT2D eigenvalue weighted by Gasteiger charge is 2.45. The van der Waals surface area contributed by atoms with Gasteiger partial charge in [-0.2, -0.15) is 0 Å². The van der Waals surface area contributed by atoms with E-state index >= 15 is 0 Å². The van der Waals surface area contributed by atoms with Crippen LogP contribution in [0.2, 0.25) is 0 Å². The second-order valence-electron chi connectivity index (χ2n) is 29.0.